The van der Waals surface area contributed by atoms with E-state index in [0.29, 0.717) is 24.7 Å². The van der Waals surface area contributed by atoms with Crippen molar-refractivity contribution >= 4 is 11.7 Å². The van der Waals surface area contributed by atoms with Crippen LogP contribution in [0.25, 0.3) is 0 Å². The number of carbonyl (C=O) groups excluding carboxylic acids is 1. The van der Waals surface area contributed by atoms with Crippen LogP contribution in [0.4, 0.5) is 14.9 Å². The Morgan fingerprint density at radius 3 is 2.41 bits per heavy atom. The fourth-order valence-corrected chi connectivity index (χ4v) is 4.37. The summed E-state index contributed by atoms with van der Waals surface area (Å²) >= 11 is 0. The summed E-state index contributed by atoms with van der Waals surface area (Å²) < 4.78 is 25.7. The molecule has 3 aromatic carbocycles. The van der Waals surface area contributed by atoms with Gasteiger partial charge in [-0.2, -0.15) is 0 Å². The Morgan fingerprint density at radius 2 is 1.68 bits per heavy atom. The van der Waals surface area contributed by atoms with E-state index in [-0.39, 0.29) is 17.8 Å². The van der Waals surface area contributed by atoms with Gasteiger partial charge in [0.2, 0.25) is 0 Å². The molecule has 3 aromatic rings. The first kappa shape index (κ1) is 23.6. The number of benzene rings is 3. The first-order valence-corrected chi connectivity index (χ1v) is 11.8. The minimum Gasteiger partial charge on any atom is -0.493 e. The van der Waals surface area contributed by atoms with Gasteiger partial charge in [-0.15, -0.1) is 0 Å². The maximum absolute atomic E-state index is 14.2. The number of amides is 2. The predicted molar refractivity (Wildman–Crippen MR) is 132 cm³/mol. The number of methoxy groups -OCH3 is 1. The lowest BCUT2D eigenvalue weighted by molar-refractivity contribution is 0.162. The average Bonchev–Trinajstić information content (AvgIpc) is 2.88. The second-order valence-corrected chi connectivity index (χ2v) is 8.59. The first-order chi connectivity index (χ1) is 16.6. The second-order valence-electron chi connectivity index (χ2n) is 8.59. The van der Waals surface area contributed by atoms with E-state index in [0.717, 1.165) is 36.8 Å². The number of para-hydroxylation sites is 1. The number of ether oxygens (including phenoxy) is 2. The van der Waals surface area contributed by atoms with E-state index < -0.39 is 5.82 Å². The number of hydrogen-bond acceptors (Lipinski definition) is 3. The van der Waals surface area contributed by atoms with E-state index in [9.17, 15) is 9.18 Å². The molecule has 5 nitrogen and oxygen atoms in total. The second kappa shape index (κ2) is 11.5. The SMILES string of the molecule is COc1ccc(CN(C(=O)Nc2ccccc2F)C2CCCCC2)cc1OCc1ccccc1. The Bertz CT molecular complexity index is 1080. The molecule has 1 N–H and O–H groups in total. The molecule has 0 heterocycles. The maximum atomic E-state index is 14.2. The minimum absolute atomic E-state index is 0.108. The largest absolute Gasteiger partial charge is 0.493 e. The molecule has 0 bridgehead atoms. The molecule has 0 unspecified atom stereocenters. The zero-order valence-electron chi connectivity index (χ0n) is 19.5. The van der Waals surface area contributed by atoms with Gasteiger partial charge >= 0.3 is 6.03 Å². The molecular formula is C28H31FN2O3. The third-order valence-corrected chi connectivity index (χ3v) is 6.21. The Kier molecular flexibility index (Phi) is 8.02. The van der Waals surface area contributed by atoms with Crippen LogP contribution in [0.15, 0.2) is 72.8 Å². The van der Waals surface area contributed by atoms with Gasteiger partial charge < -0.3 is 19.7 Å². The fourth-order valence-electron chi connectivity index (χ4n) is 4.37. The van der Waals surface area contributed by atoms with Crippen LogP contribution in [0.2, 0.25) is 0 Å². The molecule has 178 valence electrons. The summed E-state index contributed by atoms with van der Waals surface area (Å²) in [5.74, 6) is 0.821. The molecule has 1 aliphatic rings. The number of nitrogens with one attached hydrogen (secondary N) is 1. The fraction of sp³-hybridized carbons (Fsp3) is 0.321. The molecule has 34 heavy (non-hydrogen) atoms. The molecule has 4 rings (SSSR count). The number of halogens is 1. The molecule has 0 saturated heterocycles. The molecule has 1 fully saturated rings. The quantitative estimate of drug-likeness (QED) is 0.401. The summed E-state index contributed by atoms with van der Waals surface area (Å²) in [7, 11) is 1.61. The summed E-state index contributed by atoms with van der Waals surface area (Å²) in [4.78, 5) is 15.1. The van der Waals surface area contributed by atoms with Crippen molar-refractivity contribution in [2.24, 2.45) is 0 Å². The van der Waals surface area contributed by atoms with Gasteiger partial charge in [0.25, 0.3) is 0 Å². The summed E-state index contributed by atoms with van der Waals surface area (Å²) in [6.07, 6.45) is 5.24. The average molecular weight is 463 g/mol. The standard InChI is InChI=1S/C28H31FN2O3/c1-33-26-17-16-22(18-27(26)34-20-21-10-4-2-5-11-21)19-31(23-12-6-3-7-13-23)28(32)30-25-15-9-8-14-24(25)29/h2,4-5,8-11,14-18,23H,3,6-7,12-13,19-20H2,1H3,(H,30,32). The van der Waals surface area contributed by atoms with Crippen molar-refractivity contribution in [2.45, 2.75) is 51.3 Å². The van der Waals surface area contributed by atoms with Crippen molar-refractivity contribution in [3.8, 4) is 11.5 Å². The van der Waals surface area contributed by atoms with Crippen LogP contribution in [0.1, 0.15) is 43.2 Å². The Balaban J connectivity index is 1.53. The lowest BCUT2D eigenvalue weighted by Crippen LogP contribution is -2.43. The lowest BCUT2D eigenvalue weighted by Gasteiger charge is -2.34. The summed E-state index contributed by atoms with van der Waals surface area (Å²) in [6.45, 7) is 0.817. The Morgan fingerprint density at radius 1 is 0.941 bits per heavy atom. The first-order valence-electron chi connectivity index (χ1n) is 11.8. The monoisotopic (exact) mass is 462 g/mol. The zero-order chi connectivity index (χ0) is 23.8. The van der Waals surface area contributed by atoms with Gasteiger partial charge in [0.15, 0.2) is 11.5 Å². The van der Waals surface area contributed by atoms with E-state index >= 15 is 0 Å². The van der Waals surface area contributed by atoms with E-state index in [1.807, 2.05) is 53.4 Å². The topological polar surface area (TPSA) is 50.8 Å². The zero-order valence-corrected chi connectivity index (χ0v) is 19.5. The van der Waals surface area contributed by atoms with Crippen molar-refractivity contribution < 1.29 is 18.7 Å². The third-order valence-electron chi connectivity index (χ3n) is 6.21. The normalized spacial score (nSPS) is 13.8. The van der Waals surface area contributed by atoms with Crippen LogP contribution in [0, 0.1) is 5.82 Å². The van der Waals surface area contributed by atoms with Gasteiger partial charge in [-0.25, -0.2) is 9.18 Å². The number of rotatable bonds is 8. The van der Waals surface area contributed by atoms with Gasteiger partial charge in [-0.05, 0) is 48.2 Å². The van der Waals surface area contributed by atoms with Crippen molar-refractivity contribution in [3.63, 3.8) is 0 Å². The van der Waals surface area contributed by atoms with Crippen LogP contribution in [-0.4, -0.2) is 24.1 Å². The number of urea groups is 1. The summed E-state index contributed by atoms with van der Waals surface area (Å²) in [6, 6.07) is 21.7. The molecular weight excluding hydrogens is 431 g/mol. The summed E-state index contributed by atoms with van der Waals surface area (Å²) in [5, 5.41) is 2.77. The molecule has 6 heteroatoms. The van der Waals surface area contributed by atoms with Gasteiger partial charge in [0, 0.05) is 12.6 Å². The molecule has 0 atom stereocenters. The molecule has 2 amide bonds. The van der Waals surface area contributed by atoms with E-state index in [1.54, 1.807) is 25.3 Å². The number of nitrogens with zero attached hydrogens (tertiary/aromatic N) is 1. The van der Waals surface area contributed by atoms with Crippen molar-refractivity contribution in [1.29, 1.82) is 0 Å². The molecule has 0 spiro atoms. The van der Waals surface area contributed by atoms with E-state index in [2.05, 4.69) is 5.32 Å². The van der Waals surface area contributed by atoms with Crippen LogP contribution in [0.3, 0.4) is 0 Å². The summed E-state index contributed by atoms with van der Waals surface area (Å²) in [5.41, 5.74) is 2.18. The highest BCUT2D eigenvalue weighted by Crippen LogP contribution is 2.31. The highest BCUT2D eigenvalue weighted by Gasteiger charge is 2.26. The minimum atomic E-state index is -0.444. The molecule has 0 radical (unpaired) electrons. The van der Waals surface area contributed by atoms with Gasteiger partial charge in [0.05, 0.1) is 12.8 Å². The molecule has 1 saturated carbocycles. The number of hydrogen-bond donors (Lipinski definition) is 1. The Labute approximate surface area is 200 Å². The Hall–Kier alpha value is -3.54. The van der Waals surface area contributed by atoms with E-state index in [1.165, 1.54) is 12.5 Å². The maximum Gasteiger partial charge on any atom is 0.322 e. The van der Waals surface area contributed by atoms with Crippen molar-refractivity contribution in [3.05, 3.63) is 89.7 Å². The van der Waals surface area contributed by atoms with E-state index in [4.69, 9.17) is 9.47 Å². The molecule has 0 aromatic heterocycles. The highest BCUT2D eigenvalue weighted by atomic mass is 19.1. The van der Waals surface area contributed by atoms with Crippen molar-refractivity contribution in [1.82, 2.24) is 4.90 Å². The third kappa shape index (κ3) is 6.07. The van der Waals surface area contributed by atoms with Crippen LogP contribution < -0.4 is 14.8 Å². The number of carbonyl (C=O) groups is 1. The highest BCUT2D eigenvalue weighted by molar-refractivity contribution is 5.89. The smallest absolute Gasteiger partial charge is 0.322 e. The van der Waals surface area contributed by atoms with Gasteiger partial charge in [-0.3, -0.25) is 0 Å². The molecule has 1 aliphatic carbocycles. The lowest BCUT2D eigenvalue weighted by atomic mass is 9.94. The van der Waals surface area contributed by atoms with Crippen LogP contribution in [-0.2, 0) is 13.2 Å². The van der Waals surface area contributed by atoms with Gasteiger partial charge in [0.1, 0.15) is 12.4 Å². The van der Waals surface area contributed by atoms with Crippen molar-refractivity contribution in [2.75, 3.05) is 12.4 Å². The van der Waals surface area contributed by atoms with Crippen LogP contribution >= 0.6 is 0 Å². The predicted octanol–water partition coefficient (Wildman–Crippen LogP) is 6.78. The van der Waals surface area contributed by atoms with Gasteiger partial charge in [-0.1, -0.05) is 67.8 Å². The molecule has 0 aliphatic heterocycles. The van der Waals surface area contributed by atoms with Crippen LogP contribution in [0.5, 0.6) is 11.5 Å². The number of anilines is 1.